The summed E-state index contributed by atoms with van der Waals surface area (Å²) in [4.78, 5) is 11.4. The molecular formula is C16H21ClO3. The molecule has 110 valence electrons. The summed E-state index contributed by atoms with van der Waals surface area (Å²) in [7, 11) is 0. The van der Waals surface area contributed by atoms with Gasteiger partial charge in [0.25, 0.3) is 0 Å². The van der Waals surface area contributed by atoms with E-state index in [0.29, 0.717) is 17.9 Å². The maximum absolute atomic E-state index is 11.4. The Morgan fingerprint density at radius 1 is 1.45 bits per heavy atom. The number of ether oxygens (including phenoxy) is 1. The molecule has 0 bridgehead atoms. The van der Waals surface area contributed by atoms with E-state index in [1.807, 2.05) is 12.1 Å². The molecule has 1 fully saturated rings. The van der Waals surface area contributed by atoms with Crippen molar-refractivity contribution in [3.05, 3.63) is 34.9 Å². The van der Waals surface area contributed by atoms with Crippen LogP contribution >= 0.6 is 11.6 Å². The summed E-state index contributed by atoms with van der Waals surface area (Å²) in [5.74, 6) is -1.16. The van der Waals surface area contributed by atoms with Crippen LogP contribution in [-0.2, 0) is 16.0 Å². The smallest absolute Gasteiger partial charge is 0.306 e. The van der Waals surface area contributed by atoms with Crippen molar-refractivity contribution in [3.63, 3.8) is 0 Å². The summed E-state index contributed by atoms with van der Waals surface area (Å²) in [5.41, 5.74) is 0.882. The lowest BCUT2D eigenvalue weighted by molar-refractivity contribution is -0.143. The highest BCUT2D eigenvalue weighted by atomic mass is 35.5. The number of carbonyl (C=O) groups is 1. The molecule has 2 atom stereocenters. The first-order valence-electron chi connectivity index (χ1n) is 7.01. The molecular weight excluding hydrogens is 276 g/mol. The Kier molecular flexibility index (Phi) is 4.71. The summed E-state index contributed by atoms with van der Waals surface area (Å²) in [6.45, 7) is 4.12. The highest BCUT2D eigenvalue weighted by Gasteiger charge is 2.34. The van der Waals surface area contributed by atoms with E-state index in [4.69, 9.17) is 16.3 Å². The third-order valence-electron chi connectivity index (χ3n) is 3.85. The molecule has 3 nitrogen and oxygen atoms in total. The zero-order valence-corrected chi connectivity index (χ0v) is 12.7. The van der Waals surface area contributed by atoms with Crippen LogP contribution in [0.5, 0.6) is 0 Å². The van der Waals surface area contributed by atoms with Gasteiger partial charge >= 0.3 is 5.97 Å². The van der Waals surface area contributed by atoms with Gasteiger partial charge in [-0.15, -0.1) is 0 Å². The zero-order chi connectivity index (χ0) is 14.8. The van der Waals surface area contributed by atoms with E-state index in [1.54, 1.807) is 12.1 Å². The molecule has 0 saturated carbocycles. The van der Waals surface area contributed by atoms with E-state index in [2.05, 4.69) is 13.8 Å². The molecule has 1 aromatic carbocycles. The number of carboxylic acids is 1. The molecule has 0 aromatic heterocycles. The topological polar surface area (TPSA) is 46.5 Å². The quantitative estimate of drug-likeness (QED) is 0.895. The molecule has 2 rings (SSSR count). The highest BCUT2D eigenvalue weighted by Crippen LogP contribution is 2.33. The van der Waals surface area contributed by atoms with Crippen molar-refractivity contribution in [1.29, 1.82) is 0 Å². The summed E-state index contributed by atoms with van der Waals surface area (Å²) >= 11 is 5.84. The fourth-order valence-electron chi connectivity index (χ4n) is 2.74. The number of benzene rings is 1. The standard InChI is InChI=1S/C16H21ClO3/c1-16(2)8-7-14(20-16)10-12(15(18)19)9-11-3-5-13(17)6-4-11/h3-6,12,14H,7-10H2,1-2H3,(H,18,19). The van der Waals surface area contributed by atoms with Crippen LogP contribution in [0.4, 0.5) is 0 Å². The maximum Gasteiger partial charge on any atom is 0.306 e. The zero-order valence-electron chi connectivity index (χ0n) is 11.9. The Balaban J connectivity index is 1.97. The number of rotatable bonds is 5. The Labute approximate surface area is 124 Å². The summed E-state index contributed by atoms with van der Waals surface area (Å²) in [6, 6.07) is 7.37. The predicted molar refractivity (Wildman–Crippen MR) is 79.1 cm³/mol. The number of hydrogen-bond donors (Lipinski definition) is 1. The van der Waals surface area contributed by atoms with Gasteiger partial charge in [-0.05, 0) is 57.2 Å². The van der Waals surface area contributed by atoms with Crippen LogP contribution in [0.3, 0.4) is 0 Å². The Morgan fingerprint density at radius 3 is 2.60 bits per heavy atom. The highest BCUT2D eigenvalue weighted by molar-refractivity contribution is 6.30. The molecule has 1 heterocycles. The van der Waals surface area contributed by atoms with Crippen molar-refractivity contribution in [2.75, 3.05) is 0 Å². The number of carboxylic acid groups (broad SMARTS) is 1. The third-order valence-corrected chi connectivity index (χ3v) is 4.10. The molecule has 1 aliphatic heterocycles. The van der Waals surface area contributed by atoms with Crippen LogP contribution in [0, 0.1) is 5.92 Å². The second kappa shape index (κ2) is 6.15. The number of aliphatic carboxylic acids is 1. The van der Waals surface area contributed by atoms with Crippen molar-refractivity contribution in [3.8, 4) is 0 Å². The average Bonchev–Trinajstić information content (AvgIpc) is 2.70. The van der Waals surface area contributed by atoms with Gasteiger partial charge in [-0.3, -0.25) is 4.79 Å². The molecule has 0 aliphatic carbocycles. The Morgan fingerprint density at radius 2 is 2.10 bits per heavy atom. The molecule has 1 N–H and O–H groups in total. The van der Waals surface area contributed by atoms with Gasteiger partial charge in [0.2, 0.25) is 0 Å². The minimum atomic E-state index is -0.756. The van der Waals surface area contributed by atoms with Crippen molar-refractivity contribution >= 4 is 17.6 Å². The lowest BCUT2D eigenvalue weighted by Crippen LogP contribution is -2.25. The second-order valence-electron chi connectivity index (χ2n) is 6.14. The van der Waals surface area contributed by atoms with Crippen LogP contribution in [-0.4, -0.2) is 22.8 Å². The summed E-state index contributed by atoms with van der Waals surface area (Å²) < 4.78 is 5.90. The van der Waals surface area contributed by atoms with E-state index in [-0.39, 0.29) is 11.7 Å². The summed E-state index contributed by atoms with van der Waals surface area (Å²) in [5, 5.41) is 10.1. The predicted octanol–water partition coefficient (Wildman–Crippen LogP) is 3.93. The number of hydrogen-bond acceptors (Lipinski definition) is 2. The van der Waals surface area contributed by atoms with Gasteiger partial charge < -0.3 is 9.84 Å². The fourth-order valence-corrected chi connectivity index (χ4v) is 2.86. The molecule has 0 amide bonds. The van der Waals surface area contributed by atoms with Crippen LogP contribution < -0.4 is 0 Å². The first-order chi connectivity index (χ1) is 9.35. The van der Waals surface area contributed by atoms with Crippen molar-refractivity contribution in [2.45, 2.75) is 51.2 Å². The molecule has 0 radical (unpaired) electrons. The van der Waals surface area contributed by atoms with Gasteiger partial charge in [0.15, 0.2) is 0 Å². The minimum absolute atomic E-state index is 0.0541. The number of halogens is 1. The molecule has 1 aliphatic rings. The third kappa shape index (κ3) is 4.22. The van der Waals surface area contributed by atoms with E-state index >= 15 is 0 Å². The van der Waals surface area contributed by atoms with Crippen molar-refractivity contribution < 1.29 is 14.6 Å². The van der Waals surface area contributed by atoms with Gasteiger partial charge in [-0.1, -0.05) is 23.7 Å². The van der Waals surface area contributed by atoms with E-state index < -0.39 is 11.9 Å². The Bertz CT molecular complexity index is 467. The largest absolute Gasteiger partial charge is 0.481 e. The van der Waals surface area contributed by atoms with Crippen LogP contribution in [0.1, 0.15) is 38.7 Å². The van der Waals surface area contributed by atoms with E-state index in [9.17, 15) is 9.90 Å². The van der Waals surface area contributed by atoms with Crippen molar-refractivity contribution in [1.82, 2.24) is 0 Å². The van der Waals surface area contributed by atoms with Gasteiger partial charge in [0.05, 0.1) is 17.6 Å². The maximum atomic E-state index is 11.4. The molecule has 0 spiro atoms. The molecule has 2 unspecified atom stereocenters. The minimum Gasteiger partial charge on any atom is -0.481 e. The van der Waals surface area contributed by atoms with Crippen LogP contribution in [0.25, 0.3) is 0 Å². The Hall–Kier alpha value is -1.06. The lowest BCUT2D eigenvalue weighted by atomic mass is 9.92. The molecule has 1 saturated heterocycles. The second-order valence-corrected chi connectivity index (χ2v) is 6.58. The van der Waals surface area contributed by atoms with E-state index in [0.717, 1.165) is 18.4 Å². The SMILES string of the molecule is CC1(C)CCC(CC(Cc2ccc(Cl)cc2)C(=O)O)O1. The van der Waals surface area contributed by atoms with Gasteiger partial charge in [0.1, 0.15) is 0 Å². The van der Waals surface area contributed by atoms with Gasteiger partial charge in [-0.2, -0.15) is 0 Å². The fraction of sp³-hybridized carbons (Fsp3) is 0.562. The van der Waals surface area contributed by atoms with Gasteiger partial charge in [-0.25, -0.2) is 0 Å². The average molecular weight is 297 g/mol. The first kappa shape index (κ1) is 15.3. The lowest BCUT2D eigenvalue weighted by Gasteiger charge is -2.21. The van der Waals surface area contributed by atoms with Crippen LogP contribution in [0.2, 0.25) is 5.02 Å². The van der Waals surface area contributed by atoms with Gasteiger partial charge in [0, 0.05) is 5.02 Å². The molecule has 1 aromatic rings. The van der Waals surface area contributed by atoms with Crippen LogP contribution in [0.15, 0.2) is 24.3 Å². The first-order valence-corrected chi connectivity index (χ1v) is 7.38. The monoisotopic (exact) mass is 296 g/mol. The summed E-state index contributed by atoms with van der Waals surface area (Å²) in [6.07, 6.45) is 3.08. The van der Waals surface area contributed by atoms with Crippen molar-refractivity contribution in [2.24, 2.45) is 5.92 Å². The molecule has 4 heteroatoms. The normalized spacial score (nSPS) is 22.6. The van der Waals surface area contributed by atoms with E-state index in [1.165, 1.54) is 0 Å². The molecule has 20 heavy (non-hydrogen) atoms.